The van der Waals surface area contributed by atoms with Crippen molar-refractivity contribution in [2.75, 3.05) is 0 Å². The molecule has 2 aromatic rings. The summed E-state index contributed by atoms with van der Waals surface area (Å²) in [5, 5.41) is 3.68. The molecule has 23 heavy (non-hydrogen) atoms. The van der Waals surface area contributed by atoms with Crippen LogP contribution in [0.5, 0.6) is 5.75 Å². The molecule has 0 amide bonds. The standard InChI is InChI=1S/C21H29NO/c1-5-20(21(2,3)4)22-15-18-13-9-10-14-19(18)23-16-17-11-7-6-8-12-17/h6-14,20,22H,5,15-16H2,1-4H3. The summed E-state index contributed by atoms with van der Waals surface area (Å²) in [5.41, 5.74) is 2.66. The lowest BCUT2D eigenvalue weighted by Crippen LogP contribution is -2.39. The van der Waals surface area contributed by atoms with Gasteiger partial charge in [-0.25, -0.2) is 0 Å². The van der Waals surface area contributed by atoms with Crippen LogP contribution in [0.3, 0.4) is 0 Å². The van der Waals surface area contributed by atoms with Crippen molar-refractivity contribution in [2.45, 2.75) is 53.3 Å². The molecule has 1 unspecified atom stereocenters. The van der Waals surface area contributed by atoms with Crippen LogP contribution in [0.25, 0.3) is 0 Å². The molecule has 0 aliphatic rings. The molecule has 0 aromatic heterocycles. The Labute approximate surface area is 140 Å². The minimum Gasteiger partial charge on any atom is -0.489 e. The monoisotopic (exact) mass is 311 g/mol. The van der Waals surface area contributed by atoms with E-state index in [4.69, 9.17) is 4.74 Å². The Bertz CT molecular complexity index is 586. The molecule has 1 N–H and O–H groups in total. The second-order valence-corrected chi connectivity index (χ2v) is 7.09. The van der Waals surface area contributed by atoms with Crippen LogP contribution in [0.4, 0.5) is 0 Å². The first-order valence-electron chi connectivity index (χ1n) is 8.48. The van der Waals surface area contributed by atoms with Gasteiger partial charge < -0.3 is 10.1 Å². The van der Waals surface area contributed by atoms with Crippen molar-refractivity contribution in [3.63, 3.8) is 0 Å². The van der Waals surface area contributed by atoms with Crippen LogP contribution in [0.1, 0.15) is 45.2 Å². The molecular weight excluding hydrogens is 282 g/mol. The Balaban J connectivity index is 2.00. The van der Waals surface area contributed by atoms with E-state index < -0.39 is 0 Å². The lowest BCUT2D eigenvalue weighted by Gasteiger charge is -2.31. The zero-order valence-corrected chi connectivity index (χ0v) is 14.8. The summed E-state index contributed by atoms with van der Waals surface area (Å²) in [5.74, 6) is 0.965. The molecule has 124 valence electrons. The summed E-state index contributed by atoms with van der Waals surface area (Å²) < 4.78 is 6.03. The van der Waals surface area contributed by atoms with Crippen molar-refractivity contribution in [2.24, 2.45) is 5.41 Å². The molecule has 2 heteroatoms. The molecule has 0 fully saturated rings. The van der Waals surface area contributed by atoms with E-state index in [1.54, 1.807) is 0 Å². The van der Waals surface area contributed by atoms with E-state index in [1.807, 2.05) is 24.3 Å². The number of hydrogen-bond donors (Lipinski definition) is 1. The van der Waals surface area contributed by atoms with Gasteiger partial charge in [-0.15, -0.1) is 0 Å². The highest BCUT2D eigenvalue weighted by Crippen LogP contribution is 2.24. The minimum absolute atomic E-state index is 0.259. The number of hydrogen-bond acceptors (Lipinski definition) is 2. The Kier molecular flexibility index (Phi) is 6.23. The summed E-state index contributed by atoms with van der Waals surface area (Å²) in [4.78, 5) is 0. The highest BCUT2D eigenvalue weighted by Gasteiger charge is 2.22. The predicted molar refractivity (Wildman–Crippen MR) is 97.6 cm³/mol. The molecule has 0 bridgehead atoms. The molecule has 0 spiro atoms. The van der Waals surface area contributed by atoms with Gasteiger partial charge in [0.1, 0.15) is 12.4 Å². The highest BCUT2D eigenvalue weighted by molar-refractivity contribution is 5.33. The molecule has 0 heterocycles. The van der Waals surface area contributed by atoms with Gasteiger partial charge in [-0.1, -0.05) is 76.2 Å². The van der Waals surface area contributed by atoms with E-state index in [2.05, 4.69) is 63.3 Å². The molecule has 2 rings (SSSR count). The average molecular weight is 311 g/mol. The van der Waals surface area contributed by atoms with Crippen LogP contribution in [-0.2, 0) is 13.2 Å². The van der Waals surface area contributed by atoms with Gasteiger partial charge in [0, 0.05) is 18.2 Å². The summed E-state index contributed by atoms with van der Waals surface area (Å²) in [6.45, 7) is 10.5. The first-order valence-corrected chi connectivity index (χ1v) is 8.48. The molecular formula is C21H29NO. The lowest BCUT2D eigenvalue weighted by molar-refractivity contribution is 0.256. The van der Waals surface area contributed by atoms with Crippen LogP contribution < -0.4 is 10.1 Å². The number of nitrogens with one attached hydrogen (secondary N) is 1. The topological polar surface area (TPSA) is 21.3 Å². The van der Waals surface area contributed by atoms with Crippen molar-refractivity contribution in [3.8, 4) is 5.75 Å². The maximum absolute atomic E-state index is 6.03. The van der Waals surface area contributed by atoms with Crippen molar-refractivity contribution < 1.29 is 4.74 Å². The molecule has 2 aromatic carbocycles. The van der Waals surface area contributed by atoms with Gasteiger partial charge in [0.2, 0.25) is 0 Å². The summed E-state index contributed by atoms with van der Waals surface area (Å²) >= 11 is 0. The second kappa shape index (κ2) is 8.16. The van der Waals surface area contributed by atoms with Gasteiger partial charge >= 0.3 is 0 Å². The average Bonchev–Trinajstić information content (AvgIpc) is 2.54. The van der Waals surface area contributed by atoms with Gasteiger partial charge in [-0.2, -0.15) is 0 Å². The third-order valence-electron chi connectivity index (χ3n) is 4.20. The van der Waals surface area contributed by atoms with Gasteiger partial charge in [-0.3, -0.25) is 0 Å². The van der Waals surface area contributed by atoms with E-state index >= 15 is 0 Å². The Morgan fingerprint density at radius 3 is 2.26 bits per heavy atom. The highest BCUT2D eigenvalue weighted by atomic mass is 16.5. The van der Waals surface area contributed by atoms with Crippen molar-refractivity contribution in [3.05, 3.63) is 65.7 Å². The quantitative estimate of drug-likeness (QED) is 0.760. The van der Waals surface area contributed by atoms with Crippen molar-refractivity contribution in [1.82, 2.24) is 5.32 Å². The first kappa shape index (κ1) is 17.6. The van der Waals surface area contributed by atoms with E-state index in [0.717, 1.165) is 18.7 Å². The number of para-hydroxylation sites is 1. The fraction of sp³-hybridized carbons (Fsp3) is 0.429. The minimum atomic E-state index is 0.259. The second-order valence-electron chi connectivity index (χ2n) is 7.09. The van der Waals surface area contributed by atoms with E-state index in [9.17, 15) is 0 Å². The summed E-state index contributed by atoms with van der Waals surface area (Å²) in [7, 11) is 0. The summed E-state index contributed by atoms with van der Waals surface area (Å²) in [6.07, 6.45) is 1.12. The zero-order chi connectivity index (χ0) is 16.7. The van der Waals surface area contributed by atoms with E-state index in [-0.39, 0.29) is 5.41 Å². The summed E-state index contributed by atoms with van der Waals surface area (Å²) in [6, 6.07) is 19.1. The fourth-order valence-electron chi connectivity index (χ4n) is 2.82. The fourth-order valence-corrected chi connectivity index (χ4v) is 2.82. The molecule has 0 saturated carbocycles. The predicted octanol–water partition coefficient (Wildman–Crippen LogP) is 5.18. The van der Waals surface area contributed by atoms with Crippen molar-refractivity contribution >= 4 is 0 Å². The number of rotatable bonds is 7. The SMILES string of the molecule is CCC(NCc1ccccc1OCc1ccccc1)C(C)(C)C. The zero-order valence-electron chi connectivity index (χ0n) is 14.8. The van der Waals surface area contributed by atoms with Crippen LogP contribution in [-0.4, -0.2) is 6.04 Å². The molecule has 0 aliphatic heterocycles. The lowest BCUT2D eigenvalue weighted by atomic mass is 9.85. The molecule has 2 nitrogen and oxygen atoms in total. The van der Waals surface area contributed by atoms with E-state index in [1.165, 1.54) is 11.1 Å². The largest absolute Gasteiger partial charge is 0.489 e. The molecule has 1 atom stereocenters. The van der Waals surface area contributed by atoms with Gasteiger partial charge in [0.15, 0.2) is 0 Å². The van der Waals surface area contributed by atoms with Gasteiger partial charge in [0.05, 0.1) is 0 Å². The van der Waals surface area contributed by atoms with Crippen LogP contribution in [0.2, 0.25) is 0 Å². The first-order chi connectivity index (χ1) is 11.0. The molecule has 0 radical (unpaired) electrons. The van der Waals surface area contributed by atoms with Crippen molar-refractivity contribution in [1.29, 1.82) is 0 Å². The van der Waals surface area contributed by atoms with Crippen LogP contribution in [0.15, 0.2) is 54.6 Å². The Morgan fingerprint density at radius 1 is 0.957 bits per heavy atom. The van der Waals surface area contributed by atoms with Gasteiger partial charge in [0.25, 0.3) is 0 Å². The normalized spacial score (nSPS) is 12.9. The number of benzene rings is 2. The molecule has 0 saturated heterocycles. The maximum Gasteiger partial charge on any atom is 0.124 e. The smallest absolute Gasteiger partial charge is 0.124 e. The maximum atomic E-state index is 6.03. The number of ether oxygens (including phenoxy) is 1. The molecule has 0 aliphatic carbocycles. The third-order valence-corrected chi connectivity index (χ3v) is 4.20. The van der Waals surface area contributed by atoms with Gasteiger partial charge in [-0.05, 0) is 23.5 Å². The third kappa shape index (κ3) is 5.40. The Hall–Kier alpha value is -1.80. The van der Waals surface area contributed by atoms with E-state index in [0.29, 0.717) is 12.6 Å². The van der Waals surface area contributed by atoms with Crippen LogP contribution >= 0.6 is 0 Å². The Morgan fingerprint density at radius 2 is 1.61 bits per heavy atom. The van der Waals surface area contributed by atoms with Crippen LogP contribution in [0, 0.1) is 5.41 Å².